The van der Waals surface area contributed by atoms with Gasteiger partial charge in [0.25, 0.3) is 7.82 Å². The zero-order valence-electron chi connectivity index (χ0n) is 5.37. The van der Waals surface area contributed by atoms with Crippen LogP contribution in [0, 0.1) is 0 Å². The van der Waals surface area contributed by atoms with E-state index in [1.54, 1.807) is 0 Å². The second kappa shape index (κ2) is 11.9. The standard InChI is InChI=1S/BO3.Ca.H3O4P.Zn/c2-1(3)4;;1-5(2,3)4;/h;;(H3,1,2,3,4);/q-3;+2;;+2/p-1. The van der Waals surface area contributed by atoms with E-state index in [2.05, 4.69) is 0 Å². The van der Waals surface area contributed by atoms with Crippen LogP contribution in [-0.2, 0) is 24.0 Å². The molecule has 0 saturated heterocycles. The first kappa shape index (κ1) is 23.1. The minimum Gasteiger partial charge on any atom is -0.907 e. The maximum absolute atomic E-state index is 8.77. The summed E-state index contributed by atoms with van der Waals surface area (Å²) in [6.07, 6.45) is 0. The van der Waals surface area contributed by atoms with E-state index in [0.717, 1.165) is 0 Å². The van der Waals surface area contributed by atoms with E-state index in [0.29, 0.717) is 0 Å². The van der Waals surface area contributed by atoms with Crippen LogP contribution in [-0.4, -0.2) is 54.8 Å². The van der Waals surface area contributed by atoms with Crippen molar-refractivity contribution >= 4 is 52.9 Å². The fraction of sp³-hybridized carbons (Fsp3) is 0. The smallest absolute Gasteiger partial charge is 0.907 e. The van der Waals surface area contributed by atoms with Gasteiger partial charge in [-0.2, -0.15) is 0 Å². The zero-order chi connectivity index (χ0) is 8.08. The average molecular weight is 261 g/mol. The van der Waals surface area contributed by atoms with E-state index in [-0.39, 0.29) is 57.2 Å². The summed E-state index contributed by atoms with van der Waals surface area (Å²) in [5, 5.41) is 25.2. The maximum Gasteiger partial charge on any atom is 2.00 e. The van der Waals surface area contributed by atoms with Gasteiger partial charge in [-0.15, -0.1) is 0 Å². The molecule has 0 fully saturated rings. The monoisotopic (exact) mass is 260 g/mol. The molecule has 0 heterocycles. The summed E-state index contributed by atoms with van der Waals surface area (Å²) in [6, 6.07) is 0. The van der Waals surface area contributed by atoms with Gasteiger partial charge in [0, 0.05) is 0 Å². The molecule has 0 aliphatic rings. The number of hydrogen-bond acceptors (Lipinski definition) is 5. The van der Waals surface area contributed by atoms with Crippen molar-refractivity contribution in [3.8, 4) is 0 Å². The molecule has 0 saturated carbocycles. The molecule has 0 aromatic rings. The van der Waals surface area contributed by atoms with Gasteiger partial charge >= 0.3 is 57.2 Å². The number of phosphoric acid groups is 1. The third-order valence-corrected chi connectivity index (χ3v) is 0. The fourth-order valence-electron chi connectivity index (χ4n) is 0. The van der Waals surface area contributed by atoms with E-state index >= 15 is 0 Å². The molecule has 0 aliphatic heterocycles. The molecule has 0 radical (unpaired) electrons. The molecule has 11 heavy (non-hydrogen) atoms. The number of hydrogen-bond donors (Lipinski definition) is 2. The zero-order valence-corrected chi connectivity index (χ0v) is 11.4. The van der Waals surface area contributed by atoms with Crippen LogP contribution in [0.3, 0.4) is 0 Å². The number of rotatable bonds is 0. The van der Waals surface area contributed by atoms with Crippen molar-refractivity contribution in [2.45, 2.75) is 0 Å². The molecule has 11 heteroatoms. The second-order valence-corrected chi connectivity index (χ2v) is 1.76. The molecule has 0 bridgehead atoms. The summed E-state index contributed by atoms with van der Waals surface area (Å²) in [4.78, 5) is 22.9. The summed E-state index contributed by atoms with van der Waals surface area (Å²) in [7, 11) is -7.81. The Labute approximate surface area is 106 Å². The minimum atomic E-state index is -4.89. The van der Waals surface area contributed by atoms with Crippen molar-refractivity contribution in [1.82, 2.24) is 0 Å². The normalized spacial score (nSPS) is 7.82. The molecule has 0 aromatic heterocycles. The van der Waals surface area contributed by atoms with Gasteiger partial charge in [0.15, 0.2) is 0 Å². The van der Waals surface area contributed by atoms with Crippen molar-refractivity contribution in [1.29, 1.82) is 0 Å². The molecule has 0 aliphatic carbocycles. The summed E-state index contributed by atoms with van der Waals surface area (Å²) in [5.74, 6) is 0. The summed E-state index contributed by atoms with van der Waals surface area (Å²) >= 11 is 0. The summed E-state index contributed by atoms with van der Waals surface area (Å²) in [6.45, 7) is 0. The Kier molecular flexibility index (Phi) is 25.0. The van der Waals surface area contributed by atoms with Crippen LogP contribution < -0.4 is 20.0 Å². The van der Waals surface area contributed by atoms with Crippen LogP contribution >= 0.6 is 7.82 Å². The first-order valence-electron chi connectivity index (χ1n) is 1.47. The molecular formula is H2BCaO7PZn. The van der Waals surface area contributed by atoms with E-state index in [9.17, 15) is 0 Å². The molecule has 0 amide bonds. The van der Waals surface area contributed by atoms with Gasteiger partial charge in [-0.3, -0.25) is 11.9 Å². The van der Waals surface area contributed by atoms with Gasteiger partial charge in [0.05, 0.1) is 0 Å². The molecule has 0 spiro atoms. The molecule has 0 rings (SSSR count). The van der Waals surface area contributed by atoms with Gasteiger partial charge in [-0.25, -0.2) is 0 Å². The Morgan fingerprint density at radius 2 is 1.18 bits per heavy atom. The average Bonchev–Trinajstić information content (AvgIpc) is 1.19. The van der Waals surface area contributed by atoms with Gasteiger partial charge in [-0.05, 0) is 0 Å². The third kappa shape index (κ3) is 314. The van der Waals surface area contributed by atoms with Crippen LogP contribution in [0.2, 0.25) is 0 Å². The van der Waals surface area contributed by atoms with Gasteiger partial charge < -0.3 is 29.8 Å². The molecule has 7 nitrogen and oxygen atoms in total. The molecule has 0 atom stereocenters. The SMILES string of the molecule is O=P([O-])(O)O.[Ca+2].[O-]B([O-])[O-].[Zn+2]. The van der Waals surface area contributed by atoms with E-state index < -0.39 is 15.1 Å². The first-order valence-corrected chi connectivity index (χ1v) is 3.00. The topological polar surface area (TPSA) is 150 Å². The quantitative estimate of drug-likeness (QED) is 0.325. The predicted octanol–water partition coefficient (Wildman–Crippen LogP) is -5.89. The summed E-state index contributed by atoms with van der Waals surface area (Å²) < 4.78 is 8.77. The van der Waals surface area contributed by atoms with Crippen molar-refractivity contribution in [3.05, 3.63) is 0 Å². The van der Waals surface area contributed by atoms with E-state index in [1.807, 2.05) is 0 Å². The van der Waals surface area contributed by atoms with Crippen molar-refractivity contribution in [3.63, 3.8) is 0 Å². The second-order valence-electron chi connectivity index (χ2n) is 0.779. The maximum atomic E-state index is 8.77. The van der Waals surface area contributed by atoms with E-state index in [4.69, 9.17) is 34.3 Å². The van der Waals surface area contributed by atoms with E-state index in [1.165, 1.54) is 0 Å². The van der Waals surface area contributed by atoms with Crippen LogP contribution in [0.1, 0.15) is 0 Å². The van der Waals surface area contributed by atoms with Crippen molar-refractivity contribution < 1.29 is 53.8 Å². The van der Waals surface area contributed by atoms with Crippen LogP contribution in [0.5, 0.6) is 0 Å². The third-order valence-electron chi connectivity index (χ3n) is 0. The molecule has 56 valence electrons. The van der Waals surface area contributed by atoms with Crippen LogP contribution in [0.15, 0.2) is 0 Å². The van der Waals surface area contributed by atoms with Gasteiger partial charge in [-0.1, -0.05) is 0 Å². The molecular weight excluding hydrogens is 259 g/mol. The first-order chi connectivity index (χ1) is 3.73. The predicted molar refractivity (Wildman–Crippen MR) is 23.6 cm³/mol. The Bertz CT molecular complexity index is 89.6. The van der Waals surface area contributed by atoms with Crippen LogP contribution in [0.4, 0.5) is 0 Å². The minimum absolute atomic E-state index is 0. The van der Waals surface area contributed by atoms with Gasteiger partial charge in [0.2, 0.25) is 0 Å². The Morgan fingerprint density at radius 3 is 1.18 bits per heavy atom. The molecule has 0 unspecified atom stereocenters. The molecule has 0 aromatic carbocycles. The van der Waals surface area contributed by atoms with Crippen LogP contribution in [0.25, 0.3) is 0 Å². The van der Waals surface area contributed by atoms with Crippen molar-refractivity contribution in [2.24, 2.45) is 0 Å². The van der Waals surface area contributed by atoms with Gasteiger partial charge in [0.1, 0.15) is 0 Å². The summed E-state index contributed by atoms with van der Waals surface area (Å²) in [5.41, 5.74) is 0. The van der Waals surface area contributed by atoms with Crippen molar-refractivity contribution in [2.75, 3.05) is 0 Å². The largest absolute Gasteiger partial charge is 2.00 e. The Morgan fingerprint density at radius 1 is 1.18 bits per heavy atom. The Hall–Kier alpha value is 1.94. The fourth-order valence-corrected chi connectivity index (χ4v) is 0. The molecule has 2 N–H and O–H groups in total. The Balaban J connectivity index is -0.0000000383.